The van der Waals surface area contributed by atoms with E-state index in [0.29, 0.717) is 16.9 Å². The third-order valence-corrected chi connectivity index (χ3v) is 4.53. The molecule has 4 rings (SSSR count). The minimum absolute atomic E-state index is 0.0550. The molecule has 1 amide bonds. The molecule has 3 aromatic rings. The number of nitrogens with one attached hydrogen (secondary N) is 1. The fraction of sp³-hybridized carbons (Fsp3) is 0.100. The van der Waals surface area contributed by atoms with Crippen molar-refractivity contribution < 1.29 is 14.1 Å². The first-order valence-electron chi connectivity index (χ1n) is 8.54. The Balaban J connectivity index is 1.68. The lowest BCUT2D eigenvalue weighted by atomic mass is 10.2. The van der Waals surface area contributed by atoms with Crippen LogP contribution >= 0.6 is 0 Å². The molecule has 2 heterocycles. The Morgan fingerprint density at radius 1 is 1.14 bits per heavy atom. The van der Waals surface area contributed by atoms with Gasteiger partial charge < -0.3 is 10.2 Å². The highest BCUT2D eigenvalue weighted by atomic mass is 19.1. The number of benzene rings is 2. The van der Waals surface area contributed by atoms with E-state index in [9.17, 15) is 19.3 Å². The zero-order chi connectivity index (χ0) is 19.7. The third-order valence-electron chi connectivity index (χ3n) is 4.53. The summed E-state index contributed by atoms with van der Waals surface area (Å²) in [4.78, 5) is 29.4. The summed E-state index contributed by atoms with van der Waals surface area (Å²) in [5.74, 6) is -0.567. The van der Waals surface area contributed by atoms with Gasteiger partial charge in [-0.25, -0.2) is 4.39 Å². The summed E-state index contributed by atoms with van der Waals surface area (Å²) >= 11 is 0. The number of halogens is 1. The first-order chi connectivity index (χ1) is 13.5. The molecule has 0 spiro atoms. The number of carbonyl (C=O) groups is 1. The zero-order valence-corrected chi connectivity index (χ0v) is 14.6. The number of nitro benzene ring substituents is 1. The molecule has 28 heavy (non-hydrogen) atoms. The number of fused-ring (bicyclic) bond motifs is 1. The van der Waals surface area contributed by atoms with Crippen LogP contribution in [-0.4, -0.2) is 20.7 Å². The van der Waals surface area contributed by atoms with Gasteiger partial charge in [-0.3, -0.25) is 19.9 Å². The molecule has 7 nitrogen and oxygen atoms in total. The maximum Gasteiger partial charge on any atom is 0.271 e. The van der Waals surface area contributed by atoms with Crippen LogP contribution in [0.25, 0.3) is 0 Å². The highest BCUT2D eigenvalue weighted by Crippen LogP contribution is 2.34. The van der Waals surface area contributed by atoms with Crippen LogP contribution < -0.4 is 5.32 Å². The smallest absolute Gasteiger partial charge is 0.271 e. The molecule has 0 unspecified atom stereocenters. The fourth-order valence-corrected chi connectivity index (χ4v) is 3.20. The second-order valence-corrected chi connectivity index (χ2v) is 6.35. The van der Waals surface area contributed by atoms with Crippen molar-refractivity contribution >= 4 is 17.3 Å². The second-order valence-electron chi connectivity index (χ2n) is 6.35. The van der Waals surface area contributed by atoms with Crippen molar-refractivity contribution in [3.05, 3.63) is 99.6 Å². The van der Waals surface area contributed by atoms with Crippen molar-refractivity contribution in [1.82, 2.24) is 9.88 Å². The molecule has 0 aliphatic carbocycles. The first kappa shape index (κ1) is 17.6. The number of pyridine rings is 1. The normalized spacial score (nSPS) is 15.4. The van der Waals surface area contributed by atoms with Gasteiger partial charge in [-0.15, -0.1) is 0 Å². The van der Waals surface area contributed by atoms with Gasteiger partial charge in [0.25, 0.3) is 11.6 Å². The molecule has 0 bridgehead atoms. The molecular weight excluding hydrogens is 363 g/mol. The minimum atomic E-state index is -0.601. The molecule has 140 valence electrons. The van der Waals surface area contributed by atoms with Crippen LogP contribution in [0.1, 0.15) is 27.8 Å². The van der Waals surface area contributed by atoms with E-state index in [2.05, 4.69) is 10.3 Å². The van der Waals surface area contributed by atoms with E-state index in [1.165, 1.54) is 24.3 Å². The first-order valence-corrected chi connectivity index (χ1v) is 8.54. The van der Waals surface area contributed by atoms with Gasteiger partial charge in [-0.05, 0) is 35.9 Å². The number of amides is 1. The van der Waals surface area contributed by atoms with Crippen LogP contribution in [0.3, 0.4) is 0 Å². The van der Waals surface area contributed by atoms with Gasteiger partial charge in [-0.1, -0.05) is 18.2 Å². The lowest BCUT2D eigenvalue weighted by molar-refractivity contribution is -0.384. The van der Waals surface area contributed by atoms with E-state index in [1.54, 1.807) is 47.5 Å². The minimum Gasteiger partial charge on any atom is -0.360 e. The number of non-ortho nitro benzene ring substituents is 1. The topological polar surface area (TPSA) is 88.4 Å². The molecule has 0 fully saturated rings. The molecule has 1 N–H and O–H groups in total. The number of nitrogens with zero attached hydrogens (tertiary/aromatic N) is 3. The summed E-state index contributed by atoms with van der Waals surface area (Å²) in [6, 6.07) is 15.3. The molecule has 0 saturated heterocycles. The van der Waals surface area contributed by atoms with Gasteiger partial charge >= 0.3 is 0 Å². The summed E-state index contributed by atoms with van der Waals surface area (Å²) in [7, 11) is 0. The van der Waals surface area contributed by atoms with E-state index in [0.717, 1.165) is 5.56 Å². The Kier molecular flexibility index (Phi) is 4.44. The van der Waals surface area contributed by atoms with E-state index in [4.69, 9.17) is 0 Å². The van der Waals surface area contributed by atoms with Crippen LogP contribution in [0, 0.1) is 15.9 Å². The standard InChI is InChI=1S/C20H15FN4O3/c21-14-8-6-13(7-9-14)12-24-19(18-17(20(24)26)5-2-10-22-18)23-15-3-1-4-16(11-15)25(27)28/h1-11,19,23H,12H2/t19-/m0/s1. The molecule has 2 aromatic carbocycles. The Morgan fingerprint density at radius 3 is 2.68 bits per heavy atom. The molecule has 1 atom stereocenters. The van der Waals surface area contributed by atoms with E-state index in [1.807, 2.05) is 0 Å². The summed E-state index contributed by atoms with van der Waals surface area (Å²) in [5, 5.41) is 14.2. The Morgan fingerprint density at radius 2 is 1.93 bits per heavy atom. The van der Waals surface area contributed by atoms with Gasteiger partial charge in [0.2, 0.25) is 0 Å². The molecule has 1 aromatic heterocycles. The molecule has 1 aliphatic heterocycles. The number of aromatic nitrogens is 1. The molecule has 8 heteroatoms. The van der Waals surface area contributed by atoms with Gasteiger partial charge in [-0.2, -0.15) is 0 Å². The van der Waals surface area contributed by atoms with Gasteiger partial charge in [0, 0.05) is 30.6 Å². The van der Waals surface area contributed by atoms with Crippen molar-refractivity contribution in [2.75, 3.05) is 5.32 Å². The SMILES string of the molecule is O=C1c2cccnc2[C@@H](Nc2cccc([N+](=O)[O-])c2)N1Cc1ccc(F)cc1. The molecular formula is C20H15FN4O3. The monoisotopic (exact) mass is 378 g/mol. The van der Waals surface area contributed by atoms with Gasteiger partial charge in [0.1, 0.15) is 12.0 Å². The van der Waals surface area contributed by atoms with Crippen LogP contribution in [0.4, 0.5) is 15.8 Å². The van der Waals surface area contributed by atoms with Gasteiger partial charge in [0.05, 0.1) is 16.2 Å². The average molecular weight is 378 g/mol. The lowest BCUT2D eigenvalue weighted by Crippen LogP contribution is -2.32. The fourth-order valence-electron chi connectivity index (χ4n) is 3.20. The predicted molar refractivity (Wildman–Crippen MR) is 100.0 cm³/mol. The van der Waals surface area contributed by atoms with Crippen LogP contribution in [0.2, 0.25) is 0 Å². The quantitative estimate of drug-likeness (QED) is 0.537. The predicted octanol–water partition coefficient (Wildman–Crippen LogP) is 3.90. The molecule has 0 radical (unpaired) electrons. The maximum absolute atomic E-state index is 13.2. The Hall–Kier alpha value is -3.81. The van der Waals surface area contributed by atoms with Crippen LogP contribution in [0.5, 0.6) is 0 Å². The highest BCUT2D eigenvalue weighted by Gasteiger charge is 2.38. The number of anilines is 1. The van der Waals surface area contributed by atoms with E-state index < -0.39 is 11.1 Å². The number of carbonyl (C=O) groups excluding carboxylic acids is 1. The maximum atomic E-state index is 13.2. The number of nitro groups is 1. The van der Waals surface area contributed by atoms with E-state index >= 15 is 0 Å². The van der Waals surface area contributed by atoms with Crippen LogP contribution in [-0.2, 0) is 6.54 Å². The number of rotatable bonds is 5. The third kappa shape index (κ3) is 3.27. The second kappa shape index (κ2) is 7.07. The van der Waals surface area contributed by atoms with Crippen molar-refractivity contribution in [2.24, 2.45) is 0 Å². The number of hydrogen-bond donors (Lipinski definition) is 1. The average Bonchev–Trinajstić information content (AvgIpc) is 2.96. The van der Waals surface area contributed by atoms with Crippen LogP contribution in [0.15, 0.2) is 66.9 Å². The van der Waals surface area contributed by atoms with Gasteiger partial charge in [0.15, 0.2) is 0 Å². The van der Waals surface area contributed by atoms with Crippen molar-refractivity contribution in [1.29, 1.82) is 0 Å². The molecule has 0 saturated carbocycles. The largest absolute Gasteiger partial charge is 0.360 e. The molecule has 1 aliphatic rings. The summed E-state index contributed by atoms with van der Waals surface area (Å²) in [6.07, 6.45) is 0.992. The highest BCUT2D eigenvalue weighted by molar-refractivity contribution is 5.98. The van der Waals surface area contributed by atoms with Crippen molar-refractivity contribution in [2.45, 2.75) is 12.7 Å². The summed E-state index contributed by atoms with van der Waals surface area (Å²) in [5.41, 5.74) is 2.21. The Bertz CT molecular complexity index is 1060. The van der Waals surface area contributed by atoms with Crippen molar-refractivity contribution in [3.63, 3.8) is 0 Å². The van der Waals surface area contributed by atoms with E-state index in [-0.39, 0.29) is 24.0 Å². The summed E-state index contributed by atoms with van der Waals surface area (Å²) < 4.78 is 13.2. The summed E-state index contributed by atoms with van der Waals surface area (Å²) in [6.45, 7) is 0.238. The zero-order valence-electron chi connectivity index (χ0n) is 14.6. The lowest BCUT2D eigenvalue weighted by Gasteiger charge is -2.26. The number of hydrogen-bond acceptors (Lipinski definition) is 5. The van der Waals surface area contributed by atoms with Crippen molar-refractivity contribution in [3.8, 4) is 0 Å². The Labute approximate surface area is 159 Å².